The van der Waals surface area contributed by atoms with E-state index < -0.39 is 0 Å². The fourth-order valence-corrected chi connectivity index (χ4v) is 4.52. The molecule has 0 bridgehead atoms. The number of carbonyl (C=O) groups excluding carboxylic acids is 1. The topological polar surface area (TPSA) is 69.5 Å². The summed E-state index contributed by atoms with van der Waals surface area (Å²) in [6.07, 6.45) is 3.44. The van der Waals surface area contributed by atoms with E-state index in [-0.39, 0.29) is 24.2 Å². The Hall–Kier alpha value is -2.43. The number of pyridine rings is 1. The Morgan fingerprint density at radius 1 is 1.26 bits per heavy atom. The number of aromatic nitrogens is 1. The Balaban J connectivity index is 1.61. The summed E-state index contributed by atoms with van der Waals surface area (Å²) in [5.41, 5.74) is 1.31. The van der Waals surface area contributed by atoms with E-state index in [1.54, 1.807) is 12.3 Å². The van der Waals surface area contributed by atoms with Crippen molar-refractivity contribution in [2.24, 2.45) is 0 Å². The summed E-state index contributed by atoms with van der Waals surface area (Å²) in [5, 5.41) is 8.98. The van der Waals surface area contributed by atoms with Crippen LogP contribution in [0.5, 0.6) is 0 Å². The van der Waals surface area contributed by atoms with Crippen molar-refractivity contribution in [3.8, 4) is 6.07 Å². The molecule has 1 aromatic carbocycles. The zero-order valence-corrected chi connectivity index (χ0v) is 19.9. The standard InChI is InChI=1S/C24H29BrN4O2/c1-4-28(16-18(3)29(5-2)22-11-10-19(14-26)15-27-22)23(30)17-31-24(12-13-24)20-8-6-7-9-21(20)25/h6-11,15,18H,4-5,12-13,16-17H2,1-3H3. The van der Waals surface area contributed by atoms with Gasteiger partial charge in [0.1, 0.15) is 18.5 Å². The van der Waals surface area contributed by atoms with Crippen molar-refractivity contribution in [2.75, 3.05) is 31.1 Å². The molecular weight excluding hydrogens is 456 g/mol. The zero-order chi connectivity index (χ0) is 22.4. The minimum absolute atomic E-state index is 0.00322. The molecule has 1 unspecified atom stereocenters. The molecule has 7 heteroatoms. The van der Waals surface area contributed by atoms with Gasteiger partial charge >= 0.3 is 0 Å². The molecule has 6 nitrogen and oxygen atoms in total. The summed E-state index contributed by atoms with van der Waals surface area (Å²) in [5.74, 6) is 0.802. The lowest BCUT2D eigenvalue weighted by Crippen LogP contribution is -2.46. The largest absolute Gasteiger partial charge is 0.360 e. The number of nitriles is 1. The smallest absolute Gasteiger partial charge is 0.248 e. The van der Waals surface area contributed by atoms with Gasteiger partial charge in [0.15, 0.2) is 0 Å². The number of amides is 1. The quantitative estimate of drug-likeness (QED) is 0.496. The first kappa shape index (κ1) is 23.2. The van der Waals surface area contributed by atoms with Crippen molar-refractivity contribution in [1.82, 2.24) is 9.88 Å². The van der Waals surface area contributed by atoms with Crippen molar-refractivity contribution >= 4 is 27.7 Å². The third-order valence-electron chi connectivity index (χ3n) is 5.80. The van der Waals surface area contributed by atoms with E-state index in [1.807, 2.05) is 36.1 Å². The molecule has 1 atom stereocenters. The Morgan fingerprint density at radius 2 is 2.00 bits per heavy atom. The average Bonchev–Trinajstić information content (AvgIpc) is 3.58. The second-order valence-electron chi connectivity index (χ2n) is 7.85. The van der Waals surface area contributed by atoms with Crippen LogP contribution in [0.4, 0.5) is 5.82 Å². The van der Waals surface area contributed by atoms with Gasteiger partial charge in [0.2, 0.25) is 5.91 Å². The van der Waals surface area contributed by atoms with Crippen molar-refractivity contribution in [3.05, 3.63) is 58.2 Å². The molecule has 164 valence electrons. The molecule has 1 aliphatic rings. The van der Waals surface area contributed by atoms with E-state index in [0.717, 1.165) is 35.2 Å². The number of hydrogen-bond acceptors (Lipinski definition) is 5. The van der Waals surface area contributed by atoms with E-state index in [4.69, 9.17) is 10.00 Å². The second kappa shape index (κ2) is 10.3. The summed E-state index contributed by atoms with van der Waals surface area (Å²) in [7, 11) is 0. The molecule has 1 fully saturated rings. The fourth-order valence-electron chi connectivity index (χ4n) is 3.87. The van der Waals surface area contributed by atoms with Gasteiger partial charge in [-0.05, 0) is 57.4 Å². The van der Waals surface area contributed by atoms with Gasteiger partial charge in [-0.3, -0.25) is 4.79 Å². The van der Waals surface area contributed by atoms with E-state index >= 15 is 0 Å². The van der Waals surface area contributed by atoms with Crippen LogP contribution in [0.1, 0.15) is 44.7 Å². The first-order valence-corrected chi connectivity index (χ1v) is 11.5. The van der Waals surface area contributed by atoms with Crippen LogP contribution in [0.3, 0.4) is 0 Å². The maximum absolute atomic E-state index is 13.0. The van der Waals surface area contributed by atoms with E-state index in [0.29, 0.717) is 18.7 Å². The fraction of sp³-hybridized carbons (Fsp3) is 0.458. The van der Waals surface area contributed by atoms with Gasteiger partial charge in [0, 0.05) is 36.3 Å². The molecule has 1 saturated carbocycles. The second-order valence-corrected chi connectivity index (χ2v) is 8.70. The van der Waals surface area contributed by atoms with Crippen LogP contribution in [-0.2, 0) is 15.1 Å². The highest BCUT2D eigenvalue weighted by atomic mass is 79.9. The van der Waals surface area contributed by atoms with Gasteiger partial charge in [-0.25, -0.2) is 4.98 Å². The molecule has 3 rings (SSSR count). The first-order chi connectivity index (χ1) is 14.9. The number of carbonyl (C=O) groups is 1. The first-order valence-electron chi connectivity index (χ1n) is 10.7. The monoisotopic (exact) mass is 484 g/mol. The SMILES string of the molecule is CCN(CC(C)N(CC)c1ccc(C#N)cn1)C(=O)COC1(c2ccccc2Br)CC1. The highest BCUT2D eigenvalue weighted by molar-refractivity contribution is 9.10. The molecule has 1 aromatic heterocycles. The number of halogens is 1. The zero-order valence-electron chi connectivity index (χ0n) is 18.3. The average molecular weight is 485 g/mol. The molecule has 0 spiro atoms. The normalized spacial score (nSPS) is 15.1. The van der Waals surface area contributed by atoms with Crippen LogP contribution in [0, 0.1) is 11.3 Å². The molecule has 1 amide bonds. The van der Waals surface area contributed by atoms with Crippen LogP contribution in [0.15, 0.2) is 47.1 Å². The van der Waals surface area contributed by atoms with E-state index in [2.05, 4.69) is 51.8 Å². The number of rotatable bonds is 10. The molecule has 31 heavy (non-hydrogen) atoms. The van der Waals surface area contributed by atoms with Gasteiger partial charge in [-0.15, -0.1) is 0 Å². The summed E-state index contributed by atoms with van der Waals surface area (Å²) < 4.78 is 7.18. The van der Waals surface area contributed by atoms with Crippen molar-refractivity contribution in [1.29, 1.82) is 5.26 Å². The highest BCUT2D eigenvalue weighted by Crippen LogP contribution is 2.51. The molecule has 1 heterocycles. The summed E-state index contributed by atoms with van der Waals surface area (Å²) in [4.78, 5) is 21.3. The summed E-state index contributed by atoms with van der Waals surface area (Å²) >= 11 is 3.60. The molecule has 0 aliphatic heterocycles. The molecule has 1 aliphatic carbocycles. The van der Waals surface area contributed by atoms with Crippen LogP contribution >= 0.6 is 15.9 Å². The number of likely N-dealkylation sites (N-methyl/N-ethyl adjacent to an activating group) is 2. The van der Waals surface area contributed by atoms with Crippen molar-refractivity contribution in [2.45, 2.75) is 45.3 Å². The van der Waals surface area contributed by atoms with Crippen molar-refractivity contribution < 1.29 is 9.53 Å². The molecule has 0 N–H and O–H groups in total. The number of benzene rings is 1. The van der Waals surface area contributed by atoms with Crippen LogP contribution in [-0.4, -0.2) is 48.1 Å². The van der Waals surface area contributed by atoms with Gasteiger partial charge in [0.05, 0.1) is 11.2 Å². The van der Waals surface area contributed by atoms with Gasteiger partial charge in [0.25, 0.3) is 0 Å². The lowest BCUT2D eigenvalue weighted by atomic mass is 10.1. The van der Waals surface area contributed by atoms with Gasteiger partial charge in [-0.1, -0.05) is 34.1 Å². The van der Waals surface area contributed by atoms with E-state index in [9.17, 15) is 4.79 Å². The summed E-state index contributed by atoms with van der Waals surface area (Å²) in [6.45, 7) is 8.16. The summed E-state index contributed by atoms with van der Waals surface area (Å²) in [6, 6.07) is 13.8. The van der Waals surface area contributed by atoms with Crippen LogP contribution < -0.4 is 4.90 Å². The molecular formula is C24H29BrN4O2. The Morgan fingerprint density at radius 3 is 2.55 bits per heavy atom. The maximum Gasteiger partial charge on any atom is 0.248 e. The maximum atomic E-state index is 13.0. The van der Waals surface area contributed by atoms with Gasteiger partial charge in [-0.2, -0.15) is 5.26 Å². The van der Waals surface area contributed by atoms with Crippen LogP contribution in [0.2, 0.25) is 0 Å². The highest BCUT2D eigenvalue weighted by Gasteiger charge is 2.47. The molecule has 0 radical (unpaired) electrons. The minimum Gasteiger partial charge on any atom is -0.360 e. The Labute approximate surface area is 193 Å². The lowest BCUT2D eigenvalue weighted by molar-refractivity contribution is -0.139. The predicted molar refractivity (Wildman–Crippen MR) is 125 cm³/mol. The molecule has 2 aromatic rings. The number of nitrogens with zero attached hydrogens (tertiary/aromatic N) is 4. The number of ether oxygens (including phenoxy) is 1. The third kappa shape index (κ3) is 5.44. The lowest BCUT2D eigenvalue weighted by Gasteiger charge is -2.33. The van der Waals surface area contributed by atoms with Gasteiger partial charge < -0.3 is 14.5 Å². The van der Waals surface area contributed by atoms with Crippen LogP contribution in [0.25, 0.3) is 0 Å². The predicted octanol–water partition coefficient (Wildman–Crippen LogP) is 4.48. The number of hydrogen-bond donors (Lipinski definition) is 0. The third-order valence-corrected chi connectivity index (χ3v) is 6.50. The number of anilines is 1. The molecule has 0 saturated heterocycles. The van der Waals surface area contributed by atoms with E-state index in [1.165, 1.54) is 0 Å². The Bertz CT molecular complexity index is 937. The Kier molecular flexibility index (Phi) is 7.69. The van der Waals surface area contributed by atoms with Crippen molar-refractivity contribution in [3.63, 3.8) is 0 Å². The minimum atomic E-state index is -0.345.